The van der Waals surface area contributed by atoms with Crippen LogP contribution in [0.15, 0.2) is 30.3 Å². The molecule has 3 aromatic rings. The van der Waals surface area contributed by atoms with Gasteiger partial charge in [-0.1, -0.05) is 23.4 Å². The summed E-state index contributed by atoms with van der Waals surface area (Å²) < 4.78 is 2.98. The lowest BCUT2D eigenvalue weighted by molar-refractivity contribution is 0.0912. The van der Waals surface area contributed by atoms with Crippen LogP contribution in [0.4, 0.5) is 0 Å². The van der Waals surface area contributed by atoms with Crippen molar-refractivity contribution in [2.75, 3.05) is 19.6 Å². The highest BCUT2D eigenvalue weighted by molar-refractivity contribution is 7.19. The maximum Gasteiger partial charge on any atom is 0.273 e. The summed E-state index contributed by atoms with van der Waals surface area (Å²) in [6.07, 6.45) is 1.22. The first-order chi connectivity index (χ1) is 13.1. The third kappa shape index (κ3) is 3.73. The van der Waals surface area contributed by atoms with E-state index in [1.54, 1.807) is 0 Å². The Morgan fingerprint density at radius 3 is 2.96 bits per heavy atom. The van der Waals surface area contributed by atoms with Crippen molar-refractivity contribution < 1.29 is 9.90 Å². The van der Waals surface area contributed by atoms with Crippen LogP contribution in [0.25, 0.3) is 10.1 Å². The van der Waals surface area contributed by atoms with Crippen LogP contribution in [0.1, 0.15) is 46.0 Å². The molecule has 0 radical (unpaired) electrons. The number of piperidine rings is 1. The van der Waals surface area contributed by atoms with Crippen LogP contribution in [0.3, 0.4) is 0 Å². The van der Waals surface area contributed by atoms with Gasteiger partial charge in [-0.05, 0) is 50.4 Å². The lowest BCUT2D eigenvalue weighted by Gasteiger charge is -2.23. The lowest BCUT2D eigenvalue weighted by Crippen LogP contribution is -2.31. The van der Waals surface area contributed by atoms with E-state index in [1.165, 1.54) is 11.3 Å². The molecule has 142 valence electrons. The maximum absolute atomic E-state index is 12.5. The van der Waals surface area contributed by atoms with E-state index >= 15 is 0 Å². The highest BCUT2D eigenvalue weighted by atomic mass is 32.1. The predicted molar refractivity (Wildman–Crippen MR) is 105 cm³/mol. The first kappa shape index (κ1) is 18.1. The van der Waals surface area contributed by atoms with Crippen molar-refractivity contribution in [1.29, 1.82) is 0 Å². The molecule has 1 aliphatic heterocycles. The molecule has 1 atom stereocenters. The van der Waals surface area contributed by atoms with Crippen molar-refractivity contribution in [1.82, 2.24) is 25.6 Å². The number of carbonyl (C=O) groups excluding carboxylic acids is 1. The number of hydrogen-bond acceptors (Lipinski definition) is 6. The minimum atomic E-state index is -0.744. The van der Waals surface area contributed by atoms with Gasteiger partial charge in [0.05, 0.1) is 11.7 Å². The number of carbonyl (C=O) groups is 1. The van der Waals surface area contributed by atoms with Crippen molar-refractivity contribution in [3.63, 3.8) is 0 Å². The van der Waals surface area contributed by atoms with Crippen LogP contribution in [-0.4, -0.2) is 45.6 Å². The number of hydrogen-bond donors (Lipinski definition) is 3. The Hall–Kier alpha value is -2.29. The minimum Gasteiger partial charge on any atom is -0.386 e. The van der Waals surface area contributed by atoms with Gasteiger partial charge >= 0.3 is 0 Å². The summed E-state index contributed by atoms with van der Waals surface area (Å²) in [6.45, 7) is 3.92. The fraction of sp³-hybridized carbons (Fsp3) is 0.421. The molecule has 1 aromatic carbocycles. The van der Waals surface area contributed by atoms with E-state index in [4.69, 9.17) is 0 Å². The van der Waals surface area contributed by atoms with Gasteiger partial charge in [0.15, 0.2) is 5.69 Å². The number of nitrogens with zero attached hydrogens (tertiary/aromatic N) is 3. The summed E-state index contributed by atoms with van der Waals surface area (Å²) in [6, 6.07) is 10.2. The standard InChI is InChI=1S/C19H23N5O2S/c1-12-18(22-23-24(12)14-6-8-20-9-7-14)19(26)21-11-15(25)17-10-13-4-2-3-5-16(13)27-17/h2-5,10,14-15,20,25H,6-9,11H2,1H3,(H,21,26). The molecule has 0 saturated carbocycles. The second-order valence-corrected chi connectivity index (χ2v) is 7.98. The zero-order valence-corrected chi connectivity index (χ0v) is 16.0. The van der Waals surface area contributed by atoms with Gasteiger partial charge in [-0.2, -0.15) is 0 Å². The van der Waals surface area contributed by atoms with E-state index in [-0.39, 0.29) is 18.5 Å². The van der Waals surface area contributed by atoms with Crippen molar-refractivity contribution in [2.24, 2.45) is 0 Å². The summed E-state index contributed by atoms with van der Waals surface area (Å²) in [5, 5.41) is 25.9. The molecular weight excluding hydrogens is 362 g/mol. The molecule has 27 heavy (non-hydrogen) atoms. The molecule has 7 nitrogen and oxygen atoms in total. The topological polar surface area (TPSA) is 92.1 Å². The summed E-state index contributed by atoms with van der Waals surface area (Å²) >= 11 is 1.54. The normalized spacial score (nSPS) is 16.5. The van der Waals surface area contributed by atoms with Gasteiger partial charge in [-0.25, -0.2) is 4.68 Å². The second-order valence-electron chi connectivity index (χ2n) is 6.86. The summed E-state index contributed by atoms with van der Waals surface area (Å²) in [4.78, 5) is 13.4. The summed E-state index contributed by atoms with van der Waals surface area (Å²) in [5.41, 5.74) is 1.10. The van der Waals surface area contributed by atoms with E-state index in [0.29, 0.717) is 5.69 Å². The molecule has 8 heteroatoms. The molecule has 0 aliphatic carbocycles. The Morgan fingerprint density at radius 1 is 1.41 bits per heavy atom. The molecule has 2 aromatic heterocycles. The van der Waals surface area contributed by atoms with E-state index in [9.17, 15) is 9.90 Å². The van der Waals surface area contributed by atoms with Crippen molar-refractivity contribution in [3.05, 3.63) is 46.6 Å². The van der Waals surface area contributed by atoms with Gasteiger partial charge in [-0.15, -0.1) is 16.4 Å². The van der Waals surface area contributed by atoms with Crippen LogP contribution < -0.4 is 10.6 Å². The average molecular weight is 385 g/mol. The van der Waals surface area contributed by atoms with Gasteiger partial charge in [0.2, 0.25) is 0 Å². The van der Waals surface area contributed by atoms with Gasteiger partial charge < -0.3 is 15.7 Å². The quantitative estimate of drug-likeness (QED) is 0.626. The Kier molecular flexibility index (Phi) is 5.20. The molecule has 3 heterocycles. The Labute approximate surface area is 161 Å². The molecule has 1 amide bonds. The highest BCUT2D eigenvalue weighted by Gasteiger charge is 2.23. The lowest BCUT2D eigenvalue weighted by atomic mass is 10.1. The zero-order chi connectivity index (χ0) is 18.8. The monoisotopic (exact) mass is 385 g/mol. The molecule has 1 unspecified atom stereocenters. The fourth-order valence-corrected chi connectivity index (χ4v) is 4.54. The van der Waals surface area contributed by atoms with Crippen LogP contribution in [0.2, 0.25) is 0 Å². The number of aliphatic hydroxyl groups is 1. The van der Waals surface area contributed by atoms with Crippen molar-refractivity contribution >= 4 is 27.3 Å². The third-order valence-electron chi connectivity index (χ3n) is 5.03. The number of aliphatic hydroxyl groups excluding tert-OH is 1. The van der Waals surface area contributed by atoms with Gasteiger partial charge in [0.1, 0.15) is 6.10 Å². The second kappa shape index (κ2) is 7.75. The van der Waals surface area contributed by atoms with Crippen molar-refractivity contribution in [2.45, 2.75) is 31.9 Å². The predicted octanol–water partition coefficient (Wildman–Crippen LogP) is 2.19. The largest absolute Gasteiger partial charge is 0.386 e. The molecule has 1 fully saturated rings. The van der Waals surface area contributed by atoms with E-state index < -0.39 is 6.10 Å². The average Bonchev–Trinajstić information content (AvgIpc) is 3.30. The Balaban J connectivity index is 1.41. The van der Waals surface area contributed by atoms with Crippen LogP contribution in [-0.2, 0) is 0 Å². The molecule has 3 N–H and O–H groups in total. The first-order valence-corrected chi connectivity index (χ1v) is 10.0. The number of amides is 1. The van der Waals surface area contributed by atoms with E-state index in [2.05, 4.69) is 20.9 Å². The number of fused-ring (bicyclic) bond motifs is 1. The number of thiophene rings is 1. The van der Waals surface area contributed by atoms with Gasteiger partial charge in [0, 0.05) is 16.1 Å². The number of nitrogens with one attached hydrogen (secondary N) is 2. The number of aromatic nitrogens is 3. The Morgan fingerprint density at radius 2 is 2.19 bits per heavy atom. The molecule has 1 saturated heterocycles. The number of rotatable bonds is 5. The molecule has 0 bridgehead atoms. The zero-order valence-electron chi connectivity index (χ0n) is 15.2. The Bertz CT molecular complexity index is 912. The maximum atomic E-state index is 12.5. The highest BCUT2D eigenvalue weighted by Crippen LogP contribution is 2.29. The van der Waals surface area contributed by atoms with Crippen LogP contribution >= 0.6 is 11.3 Å². The summed E-state index contributed by atoms with van der Waals surface area (Å²) in [5.74, 6) is -0.298. The smallest absolute Gasteiger partial charge is 0.273 e. The fourth-order valence-electron chi connectivity index (χ4n) is 3.49. The first-order valence-electron chi connectivity index (χ1n) is 9.20. The molecular formula is C19H23N5O2S. The van der Waals surface area contributed by atoms with Crippen LogP contribution in [0, 0.1) is 6.92 Å². The van der Waals surface area contributed by atoms with E-state index in [1.807, 2.05) is 41.9 Å². The third-order valence-corrected chi connectivity index (χ3v) is 6.24. The van der Waals surface area contributed by atoms with E-state index in [0.717, 1.165) is 46.6 Å². The van der Waals surface area contributed by atoms with Gasteiger partial charge in [0.25, 0.3) is 5.91 Å². The molecule has 0 spiro atoms. The van der Waals surface area contributed by atoms with Crippen molar-refractivity contribution in [3.8, 4) is 0 Å². The number of benzene rings is 1. The van der Waals surface area contributed by atoms with Crippen LogP contribution in [0.5, 0.6) is 0 Å². The SMILES string of the molecule is Cc1c(C(=O)NCC(O)c2cc3ccccc3s2)nnn1C1CCNCC1. The van der Waals surface area contributed by atoms with Gasteiger partial charge in [-0.3, -0.25) is 4.79 Å². The molecule has 4 rings (SSSR count). The molecule has 1 aliphatic rings. The minimum absolute atomic E-state index is 0.144. The summed E-state index contributed by atoms with van der Waals surface area (Å²) in [7, 11) is 0.